The van der Waals surface area contributed by atoms with Crippen molar-refractivity contribution in [3.63, 3.8) is 0 Å². The van der Waals surface area contributed by atoms with E-state index in [4.69, 9.17) is 4.98 Å². The number of aromatic nitrogens is 1. The van der Waals surface area contributed by atoms with Crippen LogP contribution < -0.4 is 0 Å². The summed E-state index contributed by atoms with van der Waals surface area (Å²) in [4.78, 5) is 16.2. The van der Waals surface area contributed by atoms with E-state index in [1.165, 1.54) is 5.56 Å². The highest BCUT2D eigenvalue weighted by molar-refractivity contribution is 5.90. The number of nitrogens with zero attached hydrogens (tertiary/aromatic N) is 1. The number of carbonyl (C=O) groups is 1. The predicted octanol–water partition coefficient (Wildman–Crippen LogP) is 4.06. The topological polar surface area (TPSA) is 50.2 Å². The average Bonchev–Trinajstić information content (AvgIpc) is 2.48. The third-order valence-corrected chi connectivity index (χ3v) is 4.17. The lowest BCUT2D eigenvalue weighted by molar-refractivity contribution is 0.0695. The molecule has 1 aromatic carbocycles. The fraction of sp³-hybridized carbons (Fsp3) is 0.333. The second-order valence-corrected chi connectivity index (χ2v) is 5.74. The highest BCUT2D eigenvalue weighted by Crippen LogP contribution is 2.39. The summed E-state index contributed by atoms with van der Waals surface area (Å²) < 4.78 is 0. The molecule has 2 aromatic rings. The molecule has 3 rings (SSSR count). The molecule has 0 radical (unpaired) electrons. The van der Waals surface area contributed by atoms with Crippen molar-refractivity contribution < 1.29 is 9.90 Å². The van der Waals surface area contributed by atoms with Gasteiger partial charge in [-0.05, 0) is 36.0 Å². The van der Waals surface area contributed by atoms with Gasteiger partial charge >= 0.3 is 5.97 Å². The number of aryl methyl sites for hydroxylation is 1. The monoisotopic (exact) mass is 281 g/mol. The molecule has 3 heteroatoms. The van der Waals surface area contributed by atoms with Gasteiger partial charge in [0.25, 0.3) is 0 Å². The summed E-state index contributed by atoms with van der Waals surface area (Å²) in [5.74, 6) is -0.477. The normalized spacial score (nSPS) is 16.2. The highest BCUT2D eigenvalue weighted by atomic mass is 16.4. The van der Waals surface area contributed by atoms with Gasteiger partial charge in [0.15, 0.2) is 0 Å². The van der Waals surface area contributed by atoms with Crippen LogP contribution in [-0.4, -0.2) is 16.1 Å². The number of carboxylic acid groups (broad SMARTS) is 1. The third kappa shape index (κ3) is 2.33. The molecule has 1 heterocycles. The lowest BCUT2D eigenvalue weighted by Gasteiger charge is -2.25. The molecular weight excluding hydrogens is 262 g/mol. The van der Waals surface area contributed by atoms with E-state index in [2.05, 4.69) is 25.1 Å². The Kier molecular flexibility index (Phi) is 3.50. The Balaban J connectivity index is 2.22. The summed E-state index contributed by atoms with van der Waals surface area (Å²) >= 11 is 0. The number of hydrogen-bond acceptors (Lipinski definition) is 2. The summed E-state index contributed by atoms with van der Waals surface area (Å²) in [6.45, 7) is 4.23. The number of pyridine rings is 1. The van der Waals surface area contributed by atoms with Crippen LogP contribution in [0, 0.1) is 0 Å². The summed E-state index contributed by atoms with van der Waals surface area (Å²) in [5, 5.41) is 9.42. The summed E-state index contributed by atoms with van der Waals surface area (Å²) in [6.07, 6.45) is 2.45. The van der Waals surface area contributed by atoms with Crippen molar-refractivity contribution in [2.45, 2.75) is 39.0 Å². The van der Waals surface area contributed by atoms with Crippen LogP contribution in [0.4, 0.5) is 0 Å². The molecule has 108 valence electrons. The van der Waals surface area contributed by atoms with Gasteiger partial charge in [0.2, 0.25) is 0 Å². The van der Waals surface area contributed by atoms with Crippen molar-refractivity contribution in [2.24, 2.45) is 0 Å². The maximum absolute atomic E-state index is 11.5. The van der Waals surface area contributed by atoms with E-state index in [0.717, 1.165) is 29.7 Å². The van der Waals surface area contributed by atoms with Gasteiger partial charge in [0.1, 0.15) is 0 Å². The van der Waals surface area contributed by atoms with Crippen molar-refractivity contribution in [1.82, 2.24) is 4.98 Å². The minimum atomic E-state index is -0.875. The van der Waals surface area contributed by atoms with Crippen LogP contribution in [0.5, 0.6) is 0 Å². The number of benzene rings is 1. The fourth-order valence-corrected chi connectivity index (χ4v) is 3.18. The van der Waals surface area contributed by atoms with Crippen LogP contribution in [0.2, 0.25) is 0 Å². The minimum Gasteiger partial charge on any atom is -0.478 e. The zero-order valence-corrected chi connectivity index (χ0v) is 12.4. The van der Waals surface area contributed by atoms with Crippen molar-refractivity contribution in [3.8, 4) is 11.3 Å². The molecule has 0 aliphatic heterocycles. The van der Waals surface area contributed by atoms with Gasteiger partial charge in [-0.3, -0.25) is 4.98 Å². The molecule has 1 N–H and O–H groups in total. The smallest absolute Gasteiger partial charge is 0.337 e. The second-order valence-electron chi connectivity index (χ2n) is 5.74. The maximum Gasteiger partial charge on any atom is 0.337 e. The summed E-state index contributed by atoms with van der Waals surface area (Å²) in [6, 6.07) is 10.1. The van der Waals surface area contributed by atoms with E-state index in [1.807, 2.05) is 19.1 Å². The Morgan fingerprint density at radius 1 is 1.38 bits per heavy atom. The molecule has 1 unspecified atom stereocenters. The lowest BCUT2D eigenvalue weighted by atomic mass is 9.81. The first kappa shape index (κ1) is 13.8. The zero-order chi connectivity index (χ0) is 15.0. The van der Waals surface area contributed by atoms with Crippen molar-refractivity contribution in [3.05, 3.63) is 52.7 Å². The Bertz CT molecular complexity index is 706. The molecule has 0 bridgehead atoms. The Hall–Kier alpha value is -2.16. The van der Waals surface area contributed by atoms with Gasteiger partial charge in [0, 0.05) is 5.56 Å². The summed E-state index contributed by atoms with van der Waals surface area (Å²) in [5.41, 5.74) is 5.55. The van der Waals surface area contributed by atoms with E-state index in [0.29, 0.717) is 23.6 Å². The summed E-state index contributed by atoms with van der Waals surface area (Å²) in [7, 11) is 0. The standard InChI is InChI=1S/C18H19NO2/c1-3-6-16-15(18(20)21)10-12-9-11(2)13-7-4-5-8-14(13)17(12)19-16/h4-5,7-8,10-11H,3,6,9H2,1-2H3,(H,20,21). The third-order valence-electron chi connectivity index (χ3n) is 4.17. The fourth-order valence-electron chi connectivity index (χ4n) is 3.18. The van der Waals surface area contributed by atoms with Crippen LogP contribution in [0.15, 0.2) is 30.3 Å². The molecule has 0 spiro atoms. The van der Waals surface area contributed by atoms with Crippen LogP contribution >= 0.6 is 0 Å². The number of hydrogen-bond donors (Lipinski definition) is 1. The Labute approximate surface area is 124 Å². The predicted molar refractivity (Wildman–Crippen MR) is 82.7 cm³/mol. The van der Waals surface area contributed by atoms with Gasteiger partial charge in [0.05, 0.1) is 17.0 Å². The first-order valence-corrected chi connectivity index (χ1v) is 7.47. The average molecular weight is 281 g/mol. The Morgan fingerprint density at radius 2 is 2.14 bits per heavy atom. The Morgan fingerprint density at radius 3 is 2.86 bits per heavy atom. The molecule has 1 atom stereocenters. The molecule has 21 heavy (non-hydrogen) atoms. The van der Waals surface area contributed by atoms with E-state index in [-0.39, 0.29) is 0 Å². The molecule has 0 saturated carbocycles. The largest absolute Gasteiger partial charge is 0.478 e. The van der Waals surface area contributed by atoms with Crippen LogP contribution in [0.3, 0.4) is 0 Å². The molecule has 0 saturated heterocycles. The highest BCUT2D eigenvalue weighted by Gasteiger charge is 2.25. The number of carboxylic acids is 1. The molecule has 1 aliphatic rings. The van der Waals surface area contributed by atoms with Crippen LogP contribution in [-0.2, 0) is 12.8 Å². The second kappa shape index (κ2) is 5.32. The lowest BCUT2D eigenvalue weighted by Crippen LogP contribution is -2.14. The van der Waals surface area contributed by atoms with Gasteiger partial charge in [-0.2, -0.15) is 0 Å². The molecule has 1 aliphatic carbocycles. The minimum absolute atomic E-state index is 0.363. The van der Waals surface area contributed by atoms with E-state index in [1.54, 1.807) is 0 Å². The molecule has 1 aromatic heterocycles. The molecular formula is C18H19NO2. The number of aromatic carboxylic acids is 1. The van der Waals surface area contributed by atoms with Gasteiger partial charge in [-0.1, -0.05) is 44.5 Å². The first-order valence-electron chi connectivity index (χ1n) is 7.47. The van der Waals surface area contributed by atoms with Crippen molar-refractivity contribution >= 4 is 5.97 Å². The zero-order valence-electron chi connectivity index (χ0n) is 12.4. The van der Waals surface area contributed by atoms with Gasteiger partial charge in [-0.25, -0.2) is 4.79 Å². The SMILES string of the molecule is CCCc1nc2c(cc1C(=O)O)CC(C)c1ccccc1-2. The maximum atomic E-state index is 11.5. The molecule has 0 amide bonds. The van der Waals surface area contributed by atoms with E-state index < -0.39 is 5.97 Å². The van der Waals surface area contributed by atoms with E-state index >= 15 is 0 Å². The number of rotatable bonds is 3. The first-order chi connectivity index (χ1) is 10.1. The van der Waals surface area contributed by atoms with Crippen LogP contribution in [0.1, 0.15) is 53.4 Å². The number of fused-ring (bicyclic) bond motifs is 3. The quantitative estimate of drug-likeness (QED) is 0.923. The van der Waals surface area contributed by atoms with Gasteiger partial charge in [-0.15, -0.1) is 0 Å². The van der Waals surface area contributed by atoms with Crippen molar-refractivity contribution in [2.75, 3.05) is 0 Å². The van der Waals surface area contributed by atoms with Crippen LogP contribution in [0.25, 0.3) is 11.3 Å². The van der Waals surface area contributed by atoms with Crippen molar-refractivity contribution in [1.29, 1.82) is 0 Å². The van der Waals surface area contributed by atoms with E-state index in [9.17, 15) is 9.90 Å². The van der Waals surface area contributed by atoms with Gasteiger partial charge < -0.3 is 5.11 Å². The molecule has 3 nitrogen and oxygen atoms in total. The molecule has 0 fully saturated rings.